The number of anilines is 3. The van der Waals surface area contributed by atoms with Gasteiger partial charge in [-0.2, -0.15) is 0 Å². The van der Waals surface area contributed by atoms with Crippen LogP contribution in [0.4, 0.5) is 17.2 Å². The van der Waals surface area contributed by atoms with Gasteiger partial charge in [0.1, 0.15) is 6.04 Å². The molecule has 0 saturated carbocycles. The van der Waals surface area contributed by atoms with Crippen LogP contribution in [0.25, 0.3) is 11.3 Å². The predicted molar refractivity (Wildman–Crippen MR) is 207 cm³/mol. The molecule has 1 aliphatic rings. The Morgan fingerprint density at radius 1 is 0.902 bits per heavy atom. The first-order valence-corrected chi connectivity index (χ1v) is 18.1. The number of aromatic nitrogens is 2. The van der Waals surface area contributed by atoms with E-state index in [-0.39, 0.29) is 34.6 Å². The Kier molecular flexibility index (Phi) is 11.8. The number of hydrogen-bond donors (Lipinski definition) is 2. The van der Waals surface area contributed by atoms with Gasteiger partial charge in [0.2, 0.25) is 5.91 Å². The number of amides is 2. The summed E-state index contributed by atoms with van der Waals surface area (Å²) >= 11 is 0. The first-order chi connectivity index (χ1) is 24.3. The molecule has 1 aromatic heterocycles. The van der Waals surface area contributed by atoms with E-state index in [1.54, 1.807) is 13.2 Å². The van der Waals surface area contributed by atoms with Crippen LogP contribution < -0.4 is 16.2 Å². The van der Waals surface area contributed by atoms with E-state index >= 15 is 0 Å². The monoisotopic (exact) mass is 691 g/mol. The molecule has 2 amide bonds. The van der Waals surface area contributed by atoms with Crippen LogP contribution in [-0.2, 0) is 17.3 Å². The van der Waals surface area contributed by atoms with Gasteiger partial charge in [0.05, 0.1) is 5.69 Å². The van der Waals surface area contributed by atoms with Crippen LogP contribution >= 0.6 is 0 Å². The van der Waals surface area contributed by atoms with Gasteiger partial charge in [-0.15, -0.1) is 0 Å². The molecule has 5 rings (SSSR count). The Bertz CT molecular complexity index is 1880. The van der Waals surface area contributed by atoms with Gasteiger partial charge in [-0.25, -0.2) is 4.98 Å². The van der Waals surface area contributed by atoms with Crippen molar-refractivity contribution in [2.45, 2.75) is 59.9 Å². The number of carbonyl (C=O) groups excluding carboxylic acids is 2. The summed E-state index contributed by atoms with van der Waals surface area (Å²) in [6, 6.07) is 20.8. The highest BCUT2D eigenvalue weighted by Crippen LogP contribution is 2.30. The van der Waals surface area contributed by atoms with Crippen LogP contribution in [0.1, 0.15) is 74.6 Å². The van der Waals surface area contributed by atoms with Gasteiger partial charge in [-0.1, -0.05) is 64.1 Å². The van der Waals surface area contributed by atoms with Gasteiger partial charge in [0.25, 0.3) is 11.5 Å². The number of piperazine rings is 1. The fourth-order valence-electron chi connectivity index (χ4n) is 6.62. The summed E-state index contributed by atoms with van der Waals surface area (Å²) in [4.78, 5) is 51.6. The SMILES string of the molecule is CCN1CCN(C(C(=O)N(CC)CC)c2ccc(Nc3nc(-c4cccc(NC(=O)c5ccc(C(C)(C)C)cc5)c4C)cn(C)c3=O)cc2)CC1. The van der Waals surface area contributed by atoms with E-state index in [4.69, 9.17) is 4.98 Å². The van der Waals surface area contributed by atoms with Gasteiger partial charge in [-0.05, 0) is 79.8 Å². The van der Waals surface area contributed by atoms with Gasteiger partial charge in [0.15, 0.2) is 5.82 Å². The molecule has 51 heavy (non-hydrogen) atoms. The van der Waals surface area contributed by atoms with Crippen molar-refractivity contribution in [2.24, 2.45) is 7.05 Å². The molecule has 0 spiro atoms. The van der Waals surface area contributed by atoms with Gasteiger partial charge in [-0.3, -0.25) is 19.3 Å². The molecule has 270 valence electrons. The number of likely N-dealkylation sites (N-methyl/N-ethyl adjacent to an activating group) is 2. The molecule has 2 N–H and O–H groups in total. The summed E-state index contributed by atoms with van der Waals surface area (Å²) in [6.07, 6.45) is 1.71. The maximum atomic E-state index is 13.8. The molecule has 2 heterocycles. The maximum absolute atomic E-state index is 13.8. The van der Waals surface area contributed by atoms with E-state index in [1.165, 1.54) is 4.57 Å². The minimum Gasteiger partial charge on any atom is -0.342 e. The van der Waals surface area contributed by atoms with Crippen LogP contribution in [0.15, 0.2) is 77.7 Å². The zero-order chi connectivity index (χ0) is 36.9. The van der Waals surface area contributed by atoms with Crippen LogP contribution in [-0.4, -0.2) is 81.9 Å². The largest absolute Gasteiger partial charge is 0.342 e. The van der Waals surface area contributed by atoms with E-state index in [1.807, 2.05) is 92.4 Å². The molecule has 10 nitrogen and oxygen atoms in total. The van der Waals surface area contributed by atoms with Crippen LogP contribution in [0, 0.1) is 6.92 Å². The lowest BCUT2D eigenvalue weighted by Crippen LogP contribution is -2.51. The summed E-state index contributed by atoms with van der Waals surface area (Å²) in [6.45, 7) is 20.4. The molecule has 0 aliphatic carbocycles. The lowest BCUT2D eigenvalue weighted by atomic mass is 9.86. The number of nitrogens with one attached hydrogen (secondary N) is 2. The summed E-state index contributed by atoms with van der Waals surface area (Å²) in [5, 5.41) is 6.29. The van der Waals surface area contributed by atoms with Crippen molar-refractivity contribution in [3.63, 3.8) is 0 Å². The van der Waals surface area contributed by atoms with Gasteiger partial charge in [0, 0.05) is 75.0 Å². The smallest absolute Gasteiger partial charge is 0.293 e. The van der Waals surface area contributed by atoms with E-state index in [2.05, 4.69) is 48.1 Å². The van der Waals surface area contributed by atoms with Crippen molar-refractivity contribution in [2.75, 3.05) is 56.4 Å². The Balaban J connectivity index is 1.37. The summed E-state index contributed by atoms with van der Waals surface area (Å²) in [7, 11) is 1.70. The Hall–Kier alpha value is -4.80. The van der Waals surface area contributed by atoms with Crippen LogP contribution in [0.5, 0.6) is 0 Å². The van der Waals surface area contributed by atoms with Gasteiger partial charge < -0.3 is 25.0 Å². The number of rotatable bonds is 11. The second-order valence-corrected chi connectivity index (χ2v) is 14.3. The molecular formula is C41H53N7O3. The molecule has 1 saturated heterocycles. The molecule has 1 fully saturated rings. The molecule has 3 aromatic carbocycles. The zero-order valence-electron chi connectivity index (χ0n) is 31.4. The predicted octanol–water partition coefficient (Wildman–Crippen LogP) is 6.60. The topological polar surface area (TPSA) is 103 Å². The third-order valence-corrected chi connectivity index (χ3v) is 9.96. The van der Waals surface area contributed by atoms with Crippen LogP contribution in [0.2, 0.25) is 0 Å². The van der Waals surface area contributed by atoms with Crippen molar-refractivity contribution in [1.82, 2.24) is 24.3 Å². The minimum absolute atomic E-state index is 0.00121. The van der Waals surface area contributed by atoms with E-state index < -0.39 is 0 Å². The first kappa shape index (κ1) is 37.5. The van der Waals surface area contributed by atoms with Crippen molar-refractivity contribution in [1.29, 1.82) is 0 Å². The molecule has 1 unspecified atom stereocenters. The summed E-state index contributed by atoms with van der Waals surface area (Å²) in [5.74, 6) is 0.0993. The molecule has 0 radical (unpaired) electrons. The maximum Gasteiger partial charge on any atom is 0.293 e. The quantitative estimate of drug-likeness (QED) is 0.183. The molecule has 4 aromatic rings. The lowest BCUT2D eigenvalue weighted by Gasteiger charge is -2.40. The lowest BCUT2D eigenvalue weighted by molar-refractivity contribution is -0.137. The summed E-state index contributed by atoms with van der Waals surface area (Å²) < 4.78 is 1.51. The van der Waals surface area contributed by atoms with Crippen molar-refractivity contribution < 1.29 is 9.59 Å². The normalized spacial score (nSPS) is 14.6. The fraction of sp³-hybridized carbons (Fsp3) is 0.415. The number of carbonyl (C=O) groups is 2. The molecule has 1 aliphatic heterocycles. The average molecular weight is 692 g/mol. The van der Waals surface area contributed by atoms with Crippen molar-refractivity contribution >= 4 is 29.0 Å². The van der Waals surface area contributed by atoms with E-state index in [0.717, 1.165) is 55.0 Å². The van der Waals surface area contributed by atoms with E-state index in [0.29, 0.717) is 35.7 Å². The number of benzene rings is 3. The third kappa shape index (κ3) is 8.57. The fourth-order valence-corrected chi connectivity index (χ4v) is 6.62. The Morgan fingerprint density at radius 3 is 2.14 bits per heavy atom. The standard InChI is InChI=1S/C41H53N7O3/c1-9-46-23-25-48(26-24-46)36(39(50)47(10-2)11-3)29-17-21-32(22-18-29)42-37-40(51)45(8)27-35(43-37)33-13-12-14-34(28(33)4)44-38(49)30-15-19-31(20-16-30)41(5,6)7/h12-22,27,36H,9-11,23-26H2,1-8H3,(H,42,43)(H,44,49). The average Bonchev–Trinajstić information content (AvgIpc) is 3.12. The molecule has 1 atom stereocenters. The number of nitrogens with zero attached hydrogens (tertiary/aromatic N) is 5. The summed E-state index contributed by atoms with van der Waals surface area (Å²) in [5.41, 5.74) is 5.98. The molecule has 10 heteroatoms. The zero-order valence-corrected chi connectivity index (χ0v) is 31.4. The number of hydrogen-bond acceptors (Lipinski definition) is 7. The molecule has 0 bridgehead atoms. The Morgan fingerprint density at radius 2 is 1.55 bits per heavy atom. The Labute approximate surface area is 302 Å². The first-order valence-electron chi connectivity index (χ1n) is 18.1. The van der Waals surface area contributed by atoms with Crippen LogP contribution in [0.3, 0.4) is 0 Å². The van der Waals surface area contributed by atoms with Crippen molar-refractivity contribution in [3.8, 4) is 11.3 Å². The second kappa shape index (κ2) is 16.0. The minimum atomic E-state index is -0.370. The van der Waals surface area contributed by atoms with Gasteiger partial charge >= 0.3 is 0 Å². The molecular weight excluding hydrogens is 638 g/mol. The number of aryl methyl sites for hydroxylation is 1. The van der Waals surface area contributed by atoms with Crippen molar-refractivity contribution in [3.05, 3.63) is 106 Å². The highest BCUT2D eigenvalue weighted by molar-refractivity contribution is 6.05. The second-order valence-electron chi connectivity index (χ2n) is 14.3. The van der Waals surface area contributed by atoms with E-state index in [9.17, 15) is 14.4 Å². The third-order valence-electron chi connectivity index (χ3n) is 9.96. The highest BCUT2D eigenvalue weighted by Gasteiger charge is 2.32. The highest BCUT2D eigenvalue weighted by atomic mass is 16.2.